The van der Waals surface area contributed by atoms with Gasteiger partial charge in [-0.1, -0.05) is 60.7 Å². The number of nitrogens with one attached hydrogen (secondary N) is 1. The van der Waals surface area contributed by atoms with Crippen LogP contribution in [0.5, 0.6) is 0 Å². The lowest BCUT2D eigenvalue weighted by atomic mass is 9.93. The third-order valence-electron chi connectivity index (χ3n) is 5.31. The molecule has 1 aliphatic rings. The minimum Gasteiger partial charge on any atom is -0.328 e. The van der Waals surface area contributed by atoms with E-state index >= 15 is 0 Å². The zero-order chi connectivity index (χ0) is 18.0. The number of rotatable bonds is 5. The second-order valence-corrected chi connectivity index (χ2v) is 9.31. The molecule has 0 saturated carbocycles. The van der Waals surface area contributed by atoms with Crippen molar-refractivity contribution < 1.29 is 4.57 Å². The first-order valence-electron chi connectivity index (χ1n) is 8.97. The minimum atomic E-state index is -3.04. The summed E-state index contributed by atoms with van der Waals surface area (Å²) >= 11 is 0. The predicted octanol–water partition coefficient (Wildman–Crippen LogP) is 3.31. The molecule has 0 spiro atoms. The number of nitrogens with two attached hydrogens (primary N) is 1. The van der Waals surface area contributed by atoms with Gasteiger partial charge in [0.15, 0.2) is 0 Å². The summed E-state index contributed by atoms with van der Waals surface area (Å²) in [5.41, 5.74) is 8.25. The van der Waals surface area contributed by atoms with Gasteiger partial charge in [0.05, 0.1) is 5.54 Å². The largest absolute Gasteiger partial charge is 0.328 e. The molecule has 4 heteroatoms. The third kappa shape index (κ3) is 2.83. The van der Waals surface area contributed by atoms with Crippen LogP contribution >= 0.6 is 7.29 Å². The van der Waals surface area contributed by atoms with E-state index in [0.29, 0.717) is 6.54 Å². The van der Waals surface area contributed by atoms with Crippen molar-refractivity contribution in [1.82, 2.24) is 5.09 Å². The molecule has 0 aromatic heterocycles. The van der Waals surface area contributed by atoms with Crippen LogP contribution in [0.15, 0.2) is 84.9 Å². The highest BCUT2D eigenvalue weighted by molar-refractivity contribution is 7.77. The fourth-order valence-electron chi connectivity index (χ4n) is 3.92. The SMILES string of the molecule is NCC1(NP(=O)(c2ccccc2)c2ccccc2)CCc2ccccc21. The van der Waals surface area contributed by atoms with Crippen molar-refractivity contribution in [3.8, 4) is 0 Å². The standard InChI is InChI=1S/C22H23N2OP/c23-17-22(16-15-18-9-7-8-14-21(18)22)24-26(25,19-10-3-1-4-11-19)20-12-5-2-6-13-20/h1-14H,15-17,23H2,(H,24,25). The third-order valence-corrected chi connectivity index (χ3v) is 8.11. The summed E-state index contributed by atoms with van der Waals surface area (Å²) in [5.74, 6) is 0. The molecular formula is C22H23N2OP. The van der Waals surface area contributed by atoms with Crippen molar-refractivity contribution in [2.45, 2.75) is 18.4 Å². The van der Waals surface area contributed by atoms with E-state index < -0.39 is 12.8 Å². The van der Waals surface area contributed by atoms with E-state index in [1.165, 1.54) is 11.1 Å². The summed E-state index contributed by atoms with van der Waals surface area (Å²) in [6.45, 7) is 0.410. The van der Waals surface area contributed by atoms with Gasteiger partial charge in [-0.2, -0.15) is 0 Å². The van der Waals surface area contributed by atoms with Crippen molar-refractivity contribution in [3.05, 3.63) is 96.1 Å². The van der Waals surface area contributed by atoms with Crippen molar-refractivity contribution >= 4 is 17.9 Å². The first-order chi connectivity index (χ1) is 12.7. The molecule has 0 aliphatic heterocycles. The van der Waals surface area contributed by atoms with Gasteiger partial charge in [-0.05, 0) is 48.2 Å². The number of benzene rings is 3. The zero-order valence-corrected chi connectivity index (χ0v) is 15.5. The molecule has 3 aromatic carbocycles. The van der Waals surface area contributed by atoms with Crippen LogP contribution in [0.2, 0.25) is 0 Å². The maximum Gasteiger partial charge on any atom is 0.205 e. The Morgan fingerprint density at radius 3 is 1.96 bits per heavy atom. The lowest BCUT2D eigenvalue weighted by Gasteiger charge is -2.35. The summed E-state index contributed by atoms with van der Waals surface area (Å²) in [7, 11) is -3.04. The molecule has 1 aliphatic carbocycles. The van der Waals surface area contributed by atoms with Crippen molar-refractivity contribution in [2.75, 3.05) is 6.54 Å². The Bertz CT molecular complexity index is 899. The highest BCUT2D eigenvalue weighted by Crippen LogP contribution is 2.47. The Kier molecular flexibility index (Phi) is 4.54. The number of hydrogen-bond acceptors (Lipinski definition) is 2. The molecule has 0 saturated heterocycles. The second-order valence-electron chi connectivity index (χ2n) is 6.84. The maximum atomic E-state index is 14.4. The van der Waals surface area contributed by atoms with E-state index in [1.54, 1.807) is 0 Å². The number of fused-ring (bicyclic) bond motifs is 1. The van der Waals surface area contributed by atoms with Crippen LogP contribution in [-0.2, 0) is 16.5 Å². The van der Waals surface area contributed by atoms with Crippen LogP contribution in [-0.4, -0.2) is 6.54 Å². The van der Waals surface area contributed by atoms with Gasteiger partial charge in [-0.3, -0.25) is 4.57 Å². The van der Waals surface area contributed by atoms with E-state index in [0.717, 1.165) is 23.5 Å². The van der Waals surface area contributed by atoms with E-state index in [1.807, 2.05) is 66.7 Å². The van der Waals surface area contributed by atoms with Gasteiger partial charge in [0.1, 0.15) is 0 Å². The average molecular weight is 362 g/mol. The van der Waals surface area contributed by atoms with E-state index in [-0.39, 0.29) is 0 Å². The van der Waals surface area contributed by atoms with Gasteiger partial charge in [0.25, 0.3) is 0 Å². The Hall–Kier alpha value is -2.19. The molecule has 1 atom stereocenters. The lowest BCUT2D eigenvalue weighted by molar-refractivity contribution is 0.404. The average Bonchev–Trinajstić information content (AvgIpc) is 3.08. The molecule has 132 valence electrons. The molecule has 3 N–H and O–H groups in total. The summed E-state index contributed by atoms with van der Waals surface area (Å²) in [5, 5.41) is 5.19. The molecular weight excluding hydrogens is 339 g/mol. The van der Waals surface area contributed by atoms with E-state index in [2.05, 4.69) is 23.3 Å². The first-order valence-corrected chi connectivity index (χ1v) is 10.7. The van der Waals surface area contributed by atoms with Gasteiger partial charge in [-0.25, -0.2) is 5.09 Å². The van der Waals surface area contributed by atoms with Crippen molar-refractivity contribution in [3.63, 3.8) is 0 Å². The van der Waals surface area contributed by atoms with Crippen LogP contribution in [0.1, 0.15) is 17.5 Å². The molecule has 1 unspecified atom stereocenters. The van der Waals surface area contributed by atoms with E-state index in [9.17, 15) is 4.57 Å². The Labute approximate surface area is 154 Å². The minimum absolute atomic E-state index is 0.410. The van der Waals surface area contributed by atoms with Crippen LogP contribution in [0.4, 0.5) is 0 Å². The normalized spacial score (nSPS) is 19.3. The van der Waals surface area contributed by atoms with Crippen molar-refractivity contribution in [2.24, 2.45) is 5.73 Å². The molecule has 0 bridgehead atoms. The molecule has 0 fully saturated rings. The Morgan fingerprint density at radius 2 is 1.38 bits per heavy atom. The second kappa shape index (κ2) is 6.85. The Balaban J connectivity index is 1.85. The monoisotopic (exact) mass is 362 g/mol. The molecule has 4 rings (SSSR count). The van der Waals surface area contributed by atoms with Crippen molar-refractivity contribution in [1.29, 1.82) is 0 Å². The molecule has 3 aromatic rings. The molecule has 26 heavy (non-hydrogen) atoms. The van der Waals surface area contributed by atoms with Gasteiger partial charge in [-0.15, -0.1) is 0 Å². The number of aryl methyl sites for hydroxylation is 1. The molecule has 0 amide bonds. The van der Waals surface area contributed by atoms with Gasteiger partial charge in [0.2, 0.25) is 7.29 Å². The van der Waals surface area contributed by atoms with Crippen LogP contribution < -0.4 is 21.4 Å². The topological polar surface area (TPSA) is 55.1 Å². The molecule has 0 heterocycles. The smallest absolute Gasteiger partial charge is 0.205 e. The fourth-order valence-corrected chi connectivity index (χ4v) is 6.58. The number of hydrogen-bond donors (Lipinski definition) is 2. The predicted molar refractivity (Wildman–Crippen MR) is 108 cm³/mol. The molecule has 0 radical (unpaired) electrons. The quantitative estimate of drug-likeness (QED) is 0.685. The van der Waals surface area contributed by atoms with Crippen LogP contribution in [0, 0.1) is 0 Å². The highest BCUT2D eigenvalue weighted by atomic mass is 31.2. The van der Waals surface area contributed by atoms with E-state index in [4.69, 9.17) is 5.73 Å². The van der Waals surface area contributed by atoms with Gasteiger partial charge < -0.3 is 5.73 Å². The highest BCUT2D eigenvalue weighted by Gasteiger charge is 2.43. The summed E-state index contributed by atoms with van der Waals surface area (Å²) in [6.07, 6.45) is 1.80. The Morgan fingerprint density at radius 1 is 0.846 bits per heavy atom. The summed E-state index contributed by atoms with van der Waals surface area (Å²) in [4.78, 5) is 0. The molecule has 3 nitrogen and oxygen atoms in total. The van der Waals surface area contributed by atoms with Gasteiger partial charge >= 0.3 is 0 Å². The summed E-state index contributed by atoms with van der Waals surface area (Å²) in [6, 6.07) is 27.7. The summed E-state index contributed by atoms with van der Waals surface area (Å²) < 4.78 is 14.4. The fraction of sp³-hybridized carbons (Fsp3) is 0.182. The first kappa shape index (κ1) is 17.2. The zero-order valence-electron chi connectivity index (χ0n) is 14.6. The maximum absolute atomic E-state index is 14.4. The van der Waals surface area contributed by atoms with Crippen LogP contribution in [0.3, 0.4) is 0 Å². The lowest BCUT2D eigenvalue weighted by Crippen LogP contribution is -2.48. The van der Waals surface area contributed by atoms with Crippen LogP contribution in [0.25, 0.3) is 0 Å². The van der Waals surface area contributed by atoms with Gasteiger partial charge in [0, 0.05) is 17.2 Å².